The third kappa shape index (κ3) is 6.46. The standard InChI is InChI=1S/C57H59BN4/c1-54(2,3)37-20-25-41(26-21-37)60(47-19-15-17-36-16-13-14-18-44(36)47)43-29-30-45-49(35-43)61(42-27-22-38(23-28-42)55(4,5)6)50-33-40(57(10,11)12)34-51-52(50)58(45)53-59-46-32-39(56(7,8)9)24-31-48(46)62(51)53/h13-35H,1-12H3. The highest BCUT2D eigenvalue weighted by molar-refractivity contribution is 6.99. The highest BCUT2D eigenvalue weighted by Gasteiger charge is 2.46. The van der Waals surface area contributed by atoms with Crippen LogP contribution < -0.4 is 26.4 Å². The number of aromatic nitrogens is 2. The Morgan fingerprint density at radius 3 is 1.73 bits per heavy atom. The molecule has 3 heterocycles. The fourth-order valence-corrected chi connectivity index (χ4v) is 9.73. The lowest BCUT2D eigenvalue weighted by atomic mass is 9.39. The van der Waals surface area contributed by atoms with E-state index in [0.29, 0.717) is 0 Å². The summed E-state index contributed by atoms with van der Waals surface area (Å²) in [4.78, 5) is 10.6. The second-order valence-corrected chi connectivity index (χ2v) is 21.9. The number of nitrogens with zero attached hydrogens (tertiary/aromatic N) is 4. The van der Waals surface area contributed by atoms with Crippen molar-refractivity contribution in [3.63, 3.8) is 0 Å². The maximum atomic E-state index is 5.59. The molecule has 0 saturated heterocycles. The van der Waals surface area contributed by atoms with Crippen molar-refractivity contribution < 1.29 is 0 Å². The summed E-state index contributed by atoms with van der Waals surface area (Å²) in [5, 5.41) is 2.43. The summed E-state index contributed by atoms with van der Waals surface area (Å²) in [6, 6.07) is 53.0. The van der Waals surface area contributed by atoms with Crippen LogP contribution in [0.3, 0.4) is 0 Å². The van der Waals surface area contributed by atoms with Crippen LogP contribution in [0.25, 0.3) is 27.5 Å². The van der Waals surface area contributed by atoms with Crippen LogP contribution in [0.2, 0.25) is 0 Å². The molecule has 4 nitrogen and oxygen atoms in total. The fraction of sp³-hybridized carbons (Fsp3) is 0.281. The summed E-state index contributed by atoms with van der Waals surface area (Å²) in [6.45, 7) is 27.5. The topological polar surface area (TPSA) is 24.3 Å². The SMILES string of the molecule is CC(C)(C)c1ccc(N2c3cc(N(c4ccc(C(C)(C)C)cc4)c4cccc5ccccc45)ccc3B3c4c2cc(C(C)(C)C)cc4-n2c3nc3cc(C(C)(C)C)ccc32)cc1. The molecule has 0 spiro atoms. The van der Waals surface area contributed by atoms with Crippen molar-refractivity contribution >= 4 is 79.3 Å². The maximum Gasteiger partial charge on any atom is 0.294 e. The van der Waals surface area contributed by atoms with E-state index >= 15 is 0 Å². The quantitative estimate of drug-likeness (QED) is 0.166. The van der Waals surface area contributed by atoms with E-state index in [0.717, 1.165) is 39.5 Å². The van der Waals surface area contributed by atoms with Gasteiger partial charge in [-0.05, 0) is 127 Å². The van der Waals surface area contributed by atoms with Crippen LogP contribution in [-0.2, 0) is 21.7 Å². The highest BCUT2D eigenvalue weighted by atomic mass is 15.2. The van der Waals surface area contributed by atoms with Crippen LogP contribution in [-0.4, -0.2) is 16.3 Å². The van der Waals surface area contributed by atoms with Gasteiger partial charge in [-0.1, -0.05) is 156 Å². The van der Waals surface area contributed by atoms with Gasteiger partial charge in [0.1, 0.15) is 0 Å². The Hall–Kier alpha value is -6.07. The molecule has 8 aromatic rings. The number of imidazole rings is 1. The molecular weight excluding hydrogens is 751 g/mol. The number of hydrogen-bond donors (Lipinski definition) is 0. The summed E-state index contributed by atoms with van der Waals surface area (Å²) >= 11 is 0. The largest absolute Gasteiger partial charge is 0.311 e. The molecule has 2 aliphatic heterocycles. The van der Waals surface area contributed by atoms with Gasteiger partial charge in [0.25, 0.3) is 6.71 Å². The first-order valence-electron chi connectivity index (χ1n) is 22.4. The molecule has 5 heteroatoms. The average Bonchev–Trinajstić information content (AvgIpc) is 3.75. The van der Waals surface area contributed by atoms with Crippen molar-refractivity contribution in [2.24, 2.45) is 0 Å². The lowest BCUT2D eigenvalue weighted by Crippen LogP contribution is -2.55. The Morgan fingerprint density at radius 1 is 0.484 bits per heavy atom. The van der Waals surface area contributed by atoms with Gasteiger partial charge in [0.15, 0.2) is 0 Å². The first-order chi connectivity index (χ1) is 29.3. The smallest absolute Gasteiger partial charge is 0.294 e. The van der Waals surface area contributed by atoms with Crippen LogP contribution in [0.1, 0.15) is 105 Å². The Bertz CT molecular complexity index is 3050. The molecule has 62 heavy (non-hydrogen) atoms. The minimum atomic E-state index is -0.0894. The van der Waals surface area contributed by atoms with E-state index < -0.39 is 0 Å². The van der Waals surface area contributed by atoms with Gasteiger partial charge < -0.3 is 14.4 Å². The lowest BCUT2D eigenvalue weighted by Gasteiger charge is -2.38. The highest BCUT2D eigenvalue weighted by Crippen LogP contribution is 2.46. The van der Waals surface area contributed by atoms with Crippen molar-refractivity contribution in [1.82, 2.24) is 9.55 Å². The van der Waals surface area contributed by atoms with Crippen molar-refractivity contribution in [2.75, 3.05) is 9.80 Å². The van der Waals surface area contributed by atoms with E-state index in [1.165, 1.54) is 61.0 Å². The minimum Gasteiger partial charge on any atom is -0.311 e. The second kappa shape index (κ2) is 13.7. The Morgan fingerprint density at radius 2 is 1.06 bits per heavy atom. The molecule has 7 aromatic carbocycles. The molecule has 0 amide bonds. The zero-order chi connectivity index (χ0) is 43.7. The second-order valence-electron chi connectivity index (χ2n) is 21.9. The van der Waals surface area contributed by atoms with Gasteiger partial charge in [-0.3, -0.25) is 0 Å². The van der Waals surface area contributed by atoms with Gasteiger partial charge >= 0.3 is 0 Å². The van der Waals surface area contributed by atoms with E-state index in [1.54, 1.807) is 0 Å². The molecule has 0 fully saturated rings. The van der Waals surface area contributed by atoms with Crippen molar-refractivity contribution in [2.45, 2.75) is 105 Å². The third-order valence-electron chi connectivity index (χ3n) is 13.4. The number of benzene rings is 7. The van der Waals surface area contributed by atoms with Gasteiger partial charge in [0, 0.05) is 39.5 Å². The van der Waals surface area contributed by atoms with E-state index in [-0.39, 0.29) is 28.4 Å². The molecular formula is C57H59BN4. The molecule has 10 rings (SSSR count). The van der Waals surface area contributed by atoms with Gasteiger partial charge in [-0.25, -0.2) is 4.98 Å². The van der Waals surface area contributed by atoms with Crippen molar-refractivity contribution in [3.8, 4) is 5.69 Å². The van der Waals surface area contributed by atoms with Crippen LogP contribution in [0.5, 0.6) is 0 Å². The van der Waals surface area contributed by atoms with Crippen molar-refractivity contribution in [3.05, 3.63) is 162 Å². The monoisotopic (exact) mass is 810 g/mol. The lowest BCUT2D eigenvalue weighted by molar-refractivity contribution is 0.589. The van der Waals surface area contributed by atoms with Gasteiger partial charge in [0.2, 0.25) is 0 Å². The maximum absolute atomic E-state index is 5.59. The fourth-order valence-electron chi connectivity index (χ4n) is 9.73. The predicted octanol–water partition coefficient (Wildman–Crippen LogP) is 13.5. The first kappa shape index (κ1) is 40.0. The number of rotatable bonds is 4. The Balaban J connectivity index is 1.27. The molecule has 0 N–H and O–H groups in total. The van der Waals surface area contributed by atoms with E-state index in [9.17, 15) is 0 Å². The Labute approximate surface area is 369 Å². The number of anilines is 6. The van der Waals surface area contributed by atoms with Crippen LogP contribution in [0.4, 0.5) is 34.1 Å². The summed E-state index contributed by atoms with van der Waals surface area (Å²) in [6.07, 6.45) is 0. The molecule has 0 atom stereocenters. The zero-order valence-corrected chi connectivity index (χ0v) is 38.6. The summed E-state index contributed by atoms with van der Waals surface area (Å²) in [5.41, 5.74) is 19.3. The van der Waals surface area contributed by atoms with Gasteiger partial charge in [-0.2, -0.15) is 0 Å². The molecule has 0 radical (unpaired) electrons. The van der Waals surface area contributed by atoms with Gasteiger partial charge in [-0.15, -0.1) is 0 Å². The molecule has 310 valence electrons. The predicted molar refractivity (Wildman–Crippen MR) is 267 cm³/mol. The average molecular weight is 811 g/mol. The molecule has 1 aromatic heterocycles. The Kier molecular flexibility index (Phi) is 8.86. The normalized spacial score (nSPS) is 13.7. The first-order valence-corrected chi connectivity index (χ1v) is 22.4. The molecule has 0 unspecified atom stereocenters. The molecule has 0 aliphatic carbocycles. The zero-order valence-electron chi connectivity index (χ0n) is 38.6. The van der Waals surface area contributed by atoms with Crippen LogP contribution in [0, 0.1) is 0 Å². The third-order valence-corrected chi connectivity index (χ3v) is 13.4. The van der Waals surface area contributed by atoms with Crippen LogP contribution >= 0.6 is 0 Å². The number of fused-ring (bicyclic) bond motifs is 8. The van der Waals surface area contributed by atoms with Crippen LogP contribution in [0.15, 0.2) is 140 Å². The van der Waals surface area contributed by atoms with Crippen molar-refractivity contribution in [1.29, 1.82) is 0 Å². The summed E-state index contributed by atoms with van der Waals surface area (Å²) in [7, 11) is 0. The van der Waals surface area contributed by atoms with E-state index in [4.69, 9.17) is 4.98 Å². The number of hydrogen-bond acceptors (Lipinski definition) is 3. The molecule has 2 aliphatic rings. The summed E-state index contributed by atoms with van der Waals surface area (Å²) < 4.78 is 2.48. The molecule has 0 bridgehead atoms. The molecule has 0 saturated carbocycles. The van der Waals surface area contributed by atoms with E-state index in [1.807, 2.05) is 0 Å². The minimum absolute atomic E-state index is 0.0205. The van der Waals surface area contributed by atoms with Gasteiger partial charge in [0.05, 0.1) is 22.4 Å². The van der Waals surface area contributed by atoms with E-state index in [2.05, 4.69) is 237 Å². The summed E-state index contributed by atoms with van der Waals surface area (Å²) in [5.74, 6) is 0.